The van der Waals surface area contributed by atoms with Crippen molar-refractivity contribution in [1.29, 1.82) is 0 Å². The summed E-state index contributed by atoms with van der Waals surface area (Å²) in [5.41, 5.74) is -0.844. The Labute approximate surface area is 187 Å². The Hall–Kier alpha value is -3.06. The van der Waals surface area contributed by atoms with Crippen LogP contribution in [0.1, 0.15) is 15.9 Å². The summed E-state index contributed by atoms with van der Waals surface area (Å²) in [4.78, 5) is 28.6. The Morgan fingerprint density at radius 1 is 1.03 bits per heavy atom. The zero-order chi connectivity index (χ0) is 24.1. The molecule has 0 unspecified atom stereocenters. The summed E-state index contributed by atoms with van der Waals surface area (Å²) in [6, 6.07) is 2.09. The molecule has 1 fully saturated rings. The maximum Gasteiger partial charge on any atom is 0.417 e. The van der Waals surface area contributed by atoms with Crippen LogP contribution in [0.5, 0.6) is 0 Å². The lowest BCUT2D eigenvalue weighted by Gasteiger charge is -2.32. The van der Waals surface area contributed by atoms with Gasteiger partial charge in [0.2, 0.25) is 0 Å². The molecule has 1 amide bonds. The largest absolute Gasteiger partial charge is 0.417 e. The number of piperazine rings is 1. The highest BCUT2D eigenvalue weighted by atomic mass is 32.2. The number of carbonyl (C=O) groups is 1. The maximum atomic E-state index is 13.1. The van der Waals surface area contributed by atoms with Gasteiger partial charge < -0.3 is 14.4 Å². The number of amides is 1. The first-order valence-corrected chi connectivity index (χ1v) is 11.8. The quantitative estimate of drug-likeness (QED) is 0.562. The zero-order valence-electron chi connectivity index (χ0n) is 18.1. The van der Waals surface area contributed by atoms with E-state index in [1.165, 1.54) is 23.9 Å². The van der Waals surface area contributed by atoms with E-state index in [4.69, 9.17) is 0 Å². The third-order valence-corrected chi connectivity index (χ3v) is 6.65. The van der Waals surface area contributed by atoms with Gasteiger partial charge in [-0.05, 0) is 19.2 Å². The summed E-state index contributed by atoms with van der Waals surface area (Å²) in [6.07, 6.45) is -1.67. The molecule has 0 N–H and O–H groups in total. The Balaban J connectivity index is 1.80. The number of hydrogen-bond donors (Lipinski definition) is 0. The molecule has 33 heavy (non-hydrogen) atoms. The summed E-state index contributed by atoms with van der Waals surface area (Å²) in [5.74, 6) is -0.315. The van der Waals surface area contributed by atoms with Gasteiger partial charge in [-0.1, -0.05) is 0 Å². The Kier molecular flexibility index (Phi) is 5.65. The lowest BCUT2D eigenvalue weighted by Crippen LogP contribution is -2.47. The standard InChI is InChI=1S/C20H21F3N6O3S/c1-27-4-6-29(7-5-27)19(30)12-8-15(33(3,31)32)16(24-10-12)18-26-14-9-13(20(21,22)23)11-25-17(14)28(18)2/h8-11H,4-7H2,1-3H3. The number of halogens is 3. The molecule has 0 spiro atoms. The number of fused-ring (bicyclic) bond motifs is 1. The van der Waals surface area contributed by atoms with Crippen LogP contribution in [0, 0.1) is 0 Å². The van der Waals surface area contributed by atoms with Crippen molar-refractivity contribution in [2.24, 2.45) is 7.05 Å². The summed E-state index contributed by atoms with van der Waals surface area (Å²) < 4.78 is 65.7. The van der Waals surface area contributed by atoms with Gasteiger partial charge in [0.25, 0.3) is 5.91 Å². The van der Waals surface area contributed by atoms with Crippen molar-refractivity contribution >= 4 is 26.9 Å². The van der Waals surface area contributed by atoms with Crippen molar-refractivity contribution in [3.05, 3.63) is 35.7 Å². The monoisotopic (exact) mass is 482 g/mol. The van der Waals surface area contributed by atoms with Crippen molar-refractivity contribution in [2.45, 2.75) is 11.1 Å². The Morgan fingerprint density at radius 2 is 1.70 bits per heavy atom. The van der Waals surface area contributed by atoms with Gasteiger partial charge in [-0.25, -0.2) is 18.4 Å². The Morgan fingerprint density at radius 3 is 2.30 bits per heavy atom. The molecule has 0 saturated carbocycles. The van der Waals surface area contributed by atoms with Gasteiger partial charge in [-0.15, -0.1) is 0 Å². The first-order chi connectivity index (χ1) is 15.4. The summed E-state index contributed by atoms with van der Waals surface area (Å²) >= 11 is 0. The lowest BCUT2D eigenvalue weighted by molar-refractivity contribution is -0.137. The van der Waals surface area contributed by atoms with Gasteiger partial charge in [0.1, 0.15) is 11.2 Å². The second-order valence-corrected chi connectivity index (χ2v) is 9.98. The first kappa shape index (κ1) is 23.1. The molecule has 13 heteroatoms. The minimum Gasteiger partial charge on any atom is -0.336 e. The molecule has 0 aromatic carbocycles. The van der Waals surface area contributed by atoms with Crippen LogP contribution in [-0.2, 0) is 23.1 Å². The van der Waals surface area contributed by atoms with Crippen molar-refractivity contribution in [3.63, 3.8) is 0 Å². The molecule has 9 nitrogen and oxygen atoms in total. The van der Waals surface area contributed by atoms with Crippen LogP contribution >= 0.6 is 0 Å². The fourth-order valence-corrected chi connectivity index (χ4v) is 4.48. The van der Waals surface area contributed by atoms with Gasteiger partial charge in [0, 0.05) is 51.9 Å². The van der Waals surface area contributed by atoms with Crippen molar-refractivity contribution < 1.29 is 26.4 Å². The fourth-order valence-electron chi connectivity index (χ4n) is 3.65. The third-order valence-electron chi connectivity index (χ3n) is 5.54. The molecule has 0 radical (unpaired) electrons. The normalized spacial score (nSPS) is 15.9. The molecular formula is C20H21F3N6O3S. The fraction of sp³-hybridized carbons (Fsp3) is 0.400. The molecule has 1 aliphatic heterocycles. The van der Waals surface area contributed by atoms with Crippen LogP contribution in [-0.4, -0.2) is 83.1 Å². The van der Waals surface area contributed by atoms with E-state index < -0.39 is 21.6 Å². The van der Waals surface area contributed by atoms with Crippen molar-refractivity contribution in [1.82, 2.24) is 29.3 Å². The van der Waals surface area contributed by atoms with Crippen LogP contribution in [0.4, 0.5) is 13.2 Å². The first-order valence-electron chi connectivity index (χ1n) is 9.94. The molecule has 0 aliphatic carbocycles. The van der Waals surface area contributed by atoms with Gasteiger partial charge in [-0.2, -0.15) is 13.2 Å². The highest BCUT2D eigenvalue weighted by molar-refractivity contribution is 7.90. The van der Waals surface area contributed by atoms with Crippen molar-refractivity contribution in [3.8, 4) is 11.5 Å². The number of hydrogen-bond acceptors (Lipinski definition) is 7. The molecule has 176 valence electrons. The molecule has 3 aromatic rings. The van der Waals surface area contributed by atoms with Crippen LogP contribution < -0.4 is 0 Å². The topological polar surface area (TPSA) is 101 Å². The second-order valence-electron chi connectivity index (χ2n) is 8.00. The van der Waals surface area contributed by atoms with E-state index in [9.17, 15) is 26.4 Å². The van der Waals surface area contributed by atoms with Gasteiger partial charge >= 0.3 is 6.18 Å². The van der Waals surface area contributed by atoms with E-state index in [1.807, 2.05) is 7.05 Å². The molecule has 4 heterocycles. The number of alkyl halides is 3. The van der Waals surface area contributed by atoms with Gasteiger partial charge in [0.15, 0.2) is 21.3 Å². The predicted octanol–water partition coefficient (Wildman–Crippen LogP) is 1.84. The van der Waals surface area contributed by atoms with Crippen molar-refractivity contribution in [2.75, 3.05) is 39.5 Å². The average molecular weight is 482 g/mol. The maximum absolute atomic E-state index is 13.1. The minimum absolute atomic E-state index is 0.0239. The van der Waals surface area contributed by atoms with Crippen LogP contribution in [0.3, 0.4) is 0 Å². The van der Waals surface area contributed by atoms with E-state index in [0.717, 1.165) is 12.3 Å². The molecular weight excluding hydrogens is 461 g/mol. The predicted molar refractivity (Wildman–Crippen MR) is 113 cm³/mol. The second kappa shape index (κ2) is 8.06. The third kappa shape index (κ3) is 4.42. The van der Waals surface area contributed by atoms with E-state index in [1.54, 1.807) is 4.90 Å². The summed E-state index contributed by atoms with van der Waals surface area (Å²) in [7, 11) is -0.408. The van der Waals surface area contributed by atoms with E-state index in [0.29, 0.717) is 32.4 Å². The van der Waals surface area contributed by atoms with Crippen LogP contribution in [0.2, 0.25) is 0 Å². The zero-order valence-corrected chi connectivity index (χ0v) is 18.9. The number of aryl methyl sites for hydroxylation is 1. The highest BCUT2D eigenvalue weighted by Crippen LogP contribution is 2.32. The average Bonchev–Trinajstić information content (AvgIpc) is 3.08. The summed E-state index contributed by atoms with van der Waals surface area (Å²) in [6.45, 7) is 2.40. The number of aromatic nitrogens is 4. The number of imidazole rings is 1. The molecule has 0 atom stereocenters. The molecule has 1 saturated heterocycles. The van der Waals surface area contributed by atoms with E-state index in [-0.39, 0.29) is 39.0 Å². The Bertz CT molecular complexity index is 1350. The number of rotatable bonds is 3. The number of nitrogens with zero attached hydrogens (tertiary/aromatic N) is 6. The number of pyridine rings is 2. The smallest absolute Gasteiger partial charge is 0.336 e. The highest BCUT2D eigenvalue weighted by Gasteiger charge is 2.32. The van der Waals surface area contributed by atoms with E-state index >= 15 is 0 Å². The van der Waals surface area contributed by atoms with E-state index in [2.05, 4.69) is 19.9 Å². The molecule has 4 rings (SSSR count). The number of sulfone groups is 1. The lowest BCUT2D eigenvalue weighted by atomic mass is 10.2. The molecule has 1 aliphatic rings. The summed E-state index contributed by atoms with van der Waals surface area (Å²) in [5, 5.41) is 0. The molecule has 3 aromatic heterocycles. The van der Waals surface area contributed by atoms with Gasteiger partial charge in [-0.3, -0.25) is 9.78 Å². The minimum atomic E-state index is -4.60. The van der Waals surface area contributed by atoms with Crippen LogP contribution in [0.25, 0.3) is 22.7 Å². The van der Waals surface area contributed by atoms with Crippen LogP contribution in [0.15, 0.2) is 29.4 Å². The number of likely N-dealkylation sites (N-methyl/N-ethyl adjacent to an activating group) is 1. The number of carbonyl (C=O) groups excluding carboxylic acids is 1. The SMILES string of the molecule is CN1CCN(C(=O)c2cnc(-c3nc4cc(C(F)(F)F)cnc4n3C)c(S(C)(=O)=O)c2)CC1. The molecule has 0 bridgehead atoms. The van der Waals surface area contributed by atoms with Gasteiger partial charge in [0.05, 0.1) is 16.0 Å².